The van der Waals surface area contributed by atoms with Crippen LogP contribution in [0.4, 0.5) is 0 Å². The second-order valence-corrected chi connectivity index (χ2v) is 7.28. The van der Waals surface area contributed by atoms with E-state index in [4.69, 9.17) is 18.9 Å². The first-order chi connectivity index (χ1) is 13.5. The molecular formula is C22H28O6. The largest absolute Gasteiger partial charge is 0.463 e. The number of ether oxygens (including phenoxy) is 4. The van der Waals surface area contributed by atoms with Crippen molar-refractivity contribution < 1.29 is 28.5 Å². The average Bonchev–Trinajstić information content (AvgIpc) is 2.68. The molecule has 0 radical (unpaired) electrons. The number of hydrogen-bond donors (Lipinski definition) is 0. The Bertz CT molecular complexity index is 686. The molecule has 0 spiro atoms. The minimum absolute atomic E-state index is 0.00423. The third kappa shape index (κ3) is 5.66. The number of esters is 2. The third-order valence-electron chi connectivity index (χ3n) is 5.13. The molecule has 6 heteroatoms. The van der Waals surface area contributed by atoms with Crippen molar-refractivity contribution in [1.29, 1.82) is 0 Å². The molecule has 28 heavy (non-hydrogen) atoms. The van der Waals surface area contributed by atoms with Crippen LogP contribution in [0.15, 0.2) is 42.5 Å². The van der Waals surface area contributed by atoms with Gasteiger partial charge in [-0.3, -0.25) is 9.59 Å². The minimum atomic E-state index is -0.604. The molecule has 3 rings (SSSR count). The molecule has 1 aliphatic heterocycles. The molecule has 1 aliphatic carbocycles. The van der Waals surface area contributed by atoms with Gasteiger partial charge in [0.1, 0.15) is 18.8 Å². The smallest absolute Gasteiger partial charge is 0.303 e. The first-order valence-corrected chi connectivity index (χ1v) is 9.87. The van der Waals surface area contributed by atoms with Crippen LogP contribution in [0.3, 0.4) is 0 Å². The molecule has 1 unspecified atom stereocenters. The van der Waals surface area contributed by atoms with E-state index < -0.39 is 30.4 Å². The van der Waals surface area contributed by atoms with Crippen molar-refractivity contribution in [2.24, 2.45) is 0 Å². The summed E-state index contributed by atoms with van der Waals surface area (Å²) in [4.78, 5) is 22.5. The van der Waals surface area contributed by atoms with Crippen molar-refractivity contribution in [2.75, 3.05) is 6.61 Å². The number of carbonyl (C=O) groups is 2. The highest BCUT2D eigenvalue weighted by Crippen LogP contribution is 2.36. The number of hydrogen-bond acceptors (Lipinski definition) is 6. The number of rotatable bonds is 6. The minimum Gasteiger partial charge on any atom is -0.463 e. The number of benzene rings is 1. The highest BCUT2D eigenvalue weighted by atomic mass is 16.7. The van der Waals surface area contributed by atoms with Crippen LogP contribution < -0.4 is 0 Å². The second-order valence-electron chi connectivity index (χ2n) is 7.28. The molecule has 1 heterocycles. The van der Waals surface area contributed by atoms with E-state index in [9.17, 15) is 9.59 Å². The summed E-state index contributed by atoms with van der Waals surface area (Å²) in [6.07, 6.45) is 6.16. The van der Waals surface area contributed by atoms with E-state index in [0.29, 0.717) is 5.92 Å². The SMILES string of the molecule is CC(=O)OC[C@H]1O[C@H](OC2CCCC[C@H]2c2ccccc2)C=C[C@@H]1OC(C)=O. The Balaban J connectivity index is 1.68. The van der Waals surface area contributed by atoms with Crippen LogP contribution in [0.2, 0.25) is 0 Å². The highest BCUT2D eigenvalue weighted by molar-refractivity contribution is 5.66. The molecule has 0 N–H and O–H groups in total. The predicted octanol–water partition coefficient (Wildman–Crippen LogP) is 3.51. The summed E-state index contributed by atoms with van der Waals surface area (Å²) in [5, 5.41) is 0. The van der Waals surface area contributed by atoms with Crippen LogP contribution >= 0.6 is 0 Å². The number of carbonyl (C=O) groups excluding carboxylic acids is 2. The molecular weight excluding hydrogens is 360 g/mol. The van der Waals surface area contributed by atoms with E-state index in [1.807, 2.05) is 6.07 Å². The Hall–Kier alpha value is -2.18. The Morgan fingerprint density at radius 3 is 2.50 bits per heavy atom. The van der Waals surface area contributed by atoms with Crippen LogP contribution in [0.25, 0.3) is 0 Å². The monoisotopic (exact) mass is 388 g/mol. The van der Waals surface area contributed by atoms with E-state index in [1.54, 1.807) is 12.2 Å². The average molecular weight is 388 g/mol. The van der Waals surface area contributed by atoms with Gasteiger partial charge in [0.2, 0.25) is 0 Å². The van der Waals surface area contributed by atoms with Crippen molar-refractivity contribution in [1.82, 2.24) is 0 Å². The molecule has 1 saturated carbocycles. The lowest BCUT2D eigenvalue weighted by atomic mass is 9.81. The molecule has 1 aromatic rings. The van der Waals surface area contributed by atoms with E-state index in [2.05, 4.69) is 24.3 Å². The van der Waals surface area contributed by atoms with Crippen LogP contribution in [0.5, 0.6) is 0 Å². The zero-order chi connectivity index (χ0) is 19.9. The molecule has 0 bridgehead atoms. The summed E-state index contributed by atoms with van der Waals surface area (Å²) in [5.74, 6) is -0.499. The Kier molecular flexibility index (Phi) is 7.23. The van der Waals surface area contributed by atoms with Crippen molar-refractivity contribution in [3.8, 4) is 0 Å². The molecule has 1 aromatic carbocycles. The van der Waals surface area contributed by atoms with Crippen molar-refractivity contribution >= 4 is 11.9 Å². The summed E-state index contributed by atoms with van der Waals surface area (Å²) in [6.45, 7) is 2.68. The van der Waals surface area contributed by atoms with Gasteiger partial charge < -0.3 is 18.9 Å². The highest BCUT2D eigenvalue weighted by Gasteiger charge is 2.34. The molecule has 0 saturated heterocycles. The standard InChI is InChI=1S/C22H28O6/c1-15(23)25-14-21-20(26-16(2)24)12-13-22(28-21)27-19-11-7-6-10-18(19)17-8-4-3-5-9-17/h3-5,8-9,12-13,18-22H,6-7,10-11,14H2,1-2H3/t18-,19?,20-,21+,22-/m0/s1. The lowest BCUT2D eigenvalue weighted by molar-refractivity contribution is -0.214. The maximum atomic E-state index is 11.3. The van der Waals surface area contributed by atoms with E-state index >= 15 is 0 Å². The molecule has 1 fully saturated rings. The first-order valence-electron chi connectivity index (χ1n) is 9.87. The molecule has 5 atom stereocenters. The fourth-order valence-corrected chi connectivity index (χ4v) is 3.85. The summed E-state index contributed by atoms with van der Waals surface area (Å²) in [6, 6.07) is 10.4. The van der Waals surface area contributed by atoms with Gasteiger partial charge in [-0.05, 0) is 30.6 Å². The Morgan fingerprint density at radius 1 is 1.04 bits per heavy atom. The van der Waals surface area contributed by atoms with E-state index in [0.717, 1.165) is 19.3 Å². The fraction of sp³-hybridized carbons (Fsp3) is 0.545. The van der Waals surface area contributed by atoms with Gasteiger partial charge in [-0.25, -0.2) is 0 Å². The zero-order valence-corrected chi connectivity index (χ0v) is 16.4. The molecule has 0 aromatic heterocycles. The zero-order valence-electron chi connectivity index (χ0n) is 16.4. The second kappa shape index (κ2) is 9.85. The summed E-state index contributed by atoms with van der Waals surface area (Å²) in [7, 11) is 0. The maximum Gasteiger partial charge on any atom is 0.303 e. The van der Waals surface area contributed by atoms with Gasteiger partial charge in [-0.1, -0.05) is 43.2 Å². The van der Waals surface area contributed by atoms with E-state index in [-0.39, 0.29) is 12.7 Å². The molecule has 152 valence electrons. The van der Waals surface area contributed by atoms with Gasteiger partial charge >= 0.3 is 11.9 Å². The van der Waals surface area contributed by atoms with Gasteiger partial charge in [0.25, 0.3) is 0 Å². The van der Waals surface area contributed by atoms with Crippen LogP contribution in [-0.4, -0.2) is 43.1 Å². The predicted molar refractivity (Wildman–Crippen MR) is 103 cm³/mol. The van der Waals surface area contributed by atoms with Crippen LogP contribution in [0.1, 0.15) is 51.0 Å². The van der Waals surface area contributed by atoms with E-state index in [1.165, 1.54) is 25.8 Å². The van der Waals surface area contributed by atoms with Gasteiger partial charge in [0.15, 0.2) is 6.29 Å². The van der Waals surface area contributed by atoms with Crippen molar-refractivity contribution in [2.45, 2.75) is 70.1 Å². The Morgan fingerprint density at radius 2 is 1.79 bits per heavy atom. The van der Waals surface area contributed by atoms with Gasteiger partial charge in [-0.2, -0.15) is 0 Å². The van der Waals surface area contributed by atoms with Gasteiger partial charge in [0.05, 0.1) is 6.10 Å². The Labute approximate surface area is 165 Å². The molecule has 0 amide bonds. The van der Waals surface area contributed by atoms with Crippen LogP contribution in [0, 0.1) is 0 Å². The van der Waals surface area contributed by atoms with Crippen molar-refractivity contribution in [3.05, 3.63) is 48.0 Å². The summed E-state index contributed by atoms with van der Waals surface area (Å²) >= 11 is 0. The molecule has 6 nitrogen and oxygen atoms in total. The van der Waals surface area contributed by atoms with Crippen molar-refractivity contribution in [3.63, 3.8) is 0 Å². The first kappa shape index (κ1) is 20.6. The van der Waals surface area contributed by atoms with Gasteiger partial charge in [0, 0.05) is 19.8 Å². The fourth-order valence-electron chi connectivity index (χ4n) is 3.85. The summed E-state index contributed by atoms with van der Waals surface area (Å²) < 4.78 is 22.6. The topological polar surface area (TPSA) is 71.1 Å². The summed E-state index contributed by atoms with van der Waals surface area (Å²) in [5.41, 5.74) is 1.28. The normalized spacial score (nSPS) is 29.9. The lowest BCUT2D eigenvalue weighted by Gasteiger charge is -2.37. The maximum absolute atomic E-state index is 11.3. The van der Waals surface area contributed by atoms with Gasteiger partial charge in [-0.15, -0.1) is 0 Å². The third-order valence-corrected chi connectivity index (χ3v) is 5.13. The lowest BCUT2D eigenvalue weighted by Crippen LogP contribution is -2.43. The van der Waals surface area contributed by atoms with Crippen LogP contribution in [-0.2, 0) is 28.5 Å². The molecule has 2 aliphatic rings. The quantitative estimate of drug-likeness (QED) is 0.549.